The molecule has 4 rings (SSSR count). The Bertz CT molecular complexity index is 962. The SMILES string of the molecule is CCCCSc1nnc2c(n1)O[C@@H](/C=C/c1ccccc1)Nc1ccccc1-2. The molecule has 1 aliphatic heterocycles. The molecule has 2 aromatic carbocycles. The first-order valence-corrected chi connectivity index (χ1v) is 10.5. The quantitative estimate of drug-likeness (QED) is 0.457. The van der Waals surface area contributed by atoms with Gasteiger partial charge in [0, 0.05) is 17.0 Å². The Kier molecular flexibility index (Phi) is 5.87. The molecule has 0 radical (unpaired) electrons. The largest absolute Gasteiger partial charge is 0.448 e. The topological polar surface area (TPSA) is 59.9 Å². The number of anilines is 1. The lowest BCUT2D eigenvalue weighted by molar-refractivity contribution is 0.266. The number of hydrogen-bond donors (Lipinski definition) is 1. The fourth-order valence-electron chi connectivity index (χ4n) is 2.89. The Labute approximate surface area is 169 Å². The lowest BCUT2D eigenvalue weighted by atomic mass is 10.1. The van der Waals surface area contributed by atoms with Gasteiger partial charge in [-0.25, -0.2) is 0 Å². The van der Waals surface area contributed by atoms with Gasteiger partial charge in [0.2, 0.25) is 11.0 Å². The zero-order valence-corrected chi connectivity index (χ0v) is 16.5. The summed E-state index contributed by atoms with van der Waals surface area (Å²) in [4.78, 5) is 4.64. The Balaban J connectivity index is 1.65. The average molecular weight is 391 g/mol. The van der Waals surface area contributed by atoms with Gasteiger partial charge in [-0.3, -0.25) is 0 Å². The fraction of sp³-hybridized carbons (Fsp3) is 0.227. The lowest BCUT2D eigenvalue weighted by Gasteiger charge is -2.15. The van der Waals surface area contributed by atoms with Gasteiger partial charge in [0.05, 0.1) is 0 Å². The molecular formula is C22H22N4OS. The van der Waals surface area contributed by atoms with Crippen molar-refractivity contribution in [2.45, 2.75) is 31.1 Å². The van der Waals surface area contributed by atoms with Crippen molar-refractivity contribution in [3.63, 3.8) is 0 Å². The molecule has 1 aromatic heterocycles. The van der Waals surface area contributed by atoms with Crippen LogP contribution in [0.1, 0.15) is 25.3 Å². The summed E-state index contributed by atoms with van der Waals surface area (Å²) in [5, 5.41) is 12.8. The maximum atomic E-state index is 6.18. The fourth-order valence-corrected chi connectivity index (χ4v) is 3.75. The van der Waals surface area contributed by atoms with Crippen LogP contribution in [0.4, 0.5) is 5.69 Å². The molecule has 0 fully saturated rings. The molecule has 0 saturated heterocycles. The third kappa shape index (κ3) is 4.34. The lowest BCUT2D eigenvalue weighted by Crippen LogP contribution is -2.23. The smallest absolute Gasteiger partial charge is 0.247 e. The van der Waals surface area contributed by atoms with E-state index in [1.54, 1.807) is 11.8 Å². The van der Waals surface area contributed by atoms with Crippen molar-refractivity contribution in [3.8, 4) is 17.1 Å². The number of ether oxygens (including phenoxy) is 1. The number of benzene rings is 2. The van der Waals surface area contributed by atoms with Crippen LogP contribution in [0.3, 0.4) is 0 Å². The number of fused-ring (bicyclic) bond motifs is 3. The number of rotatable bonds is 6. The van der Waals surface area contributed by atoms with Gasteiger partial charge in [0.1, 0.15) is 0 Å². The standard InChI is InChI=1S/C22H22N4OS/c1-2-3-15-28-22-24-21-20(25-26-22)17-11-7-8-12-18(17)23-19(27-21)14-13-16-9-5-4-6-10-16/h4-14,19,23H,2-3,15H2,1H3/b14-13+/t19-/m0/s1. The molecule has 0 unspecified atom stereocenters. The molecule has 0 amide bonds. The molecule has 142 valence electrons. The maximum Gasteiger partial charge on any atom is 0.247 e. The van der Waals surface area contributed by atoms with Gasteiger partial charge in [-0.05, 0) is 24.1 Å². The third-order valence-electron chi connectivity index (χ3n) is 4.35. The first kappa shape index (κ1) is 18.5. The van der Waals surface area contributed by atoms with E-state index in [2.05, 4.69) is 39.6 Å². The van der Waals surface area contributed by atoms with Crippen molar-refractivity contribution in [2.24, 2.45) is 0 Å². The van der Waals surface area contributed by atoms with Gasteiger partial charge in [-0.15, -0.1) is 10.2 Å². The molecule has 3 aromatic rings. The van der Waals surface area contributed by atoms with E-state index >= 15 is 0 Å². The summed E-state index contributed by atoms with van der Waals surface area (Å²) in [5.74, 6) is 1.48. The summed E-state index contributed by atoms with van der Waals surface area (Å²) in [6.07, 6.45) is 5.95. The Morgan fingerprint density at radius 1 is 1.07 bits per heavy atom. The molecule has 0 bridgehead atoms. The van der Waals surface area contributed by atoms with Crippen molar-refractivity contribution >= 4 is 23.5 Å². The van der Waals surface area contributed by atoms with E-state index in [0.29, 0.717) is 16.7 Å². The number of unbranched alkanes of at least 4 members (excludes halogenated alkanes) is 1. The second-order valence-electron chi connectivity index (χ2n) is 6.45. The third-order valence-corrected chi connectivity index (χ3v) is 5.27. The molecule has 2 heterocycles. The molecule has 0 spiro atoms. The molecular weight excluding hydrogens is 368 g/mol. The molecule has 5 nitrogen and oxygen atoms in total. The van der Waals surface area contributed by atoms with Crippen LogP contribution in [0.25, 0.3) is 17.3 Å². The van der Waals surface area contributed by atoms with Crippen LogP contribution >= 0.6 is 11.8 Å². The summed E-state index contributed by atoms with van der Waals surface area (Å²) in [5.41, 5.74) is 3.67. The second-order valence-corrected chi connectivity index (χ2v) is 7.51. The van der Waals surface area contributed by atoms with Gasteiger partial charge < -0.3 is 10.1 Å². The molecule has 0 aliphatic carbocycles. The normalized spacial score (nSPS) is 15.2. The minimum absolute atomic E-state index is 0.354. The van der Waals surface area contributed by atoms with E-state index in [-0.39, 0.29) is 6.23 Å². The summed E-state index contributed by atoms with van der Waals surface area (Å²) < 4.78 is 6.18. The van der Waals surface area contributed by atoms with E-state index in [9.17, 15) is 0 Å². The predicted molar refractivity (Wildman–Crippen MR) is 114 cm³/mol. The number of para-hydroxylation sites is 1. The van der Waals surface area contributed by atoms with Gasteiger partial charge >= 0.3 is 0 Å². The zero-order valence-electron chi connectivity index (χ0n) is 15.7. The van der Waals surface area contributed by atoms with Gasteiger partial charge in [-0.1, -0.05) is 79.7 Å². The number of aromatic nitrogens is 3. The molecule has 6 heteroatoms. The minimum atomic E-state index is -0.354. The van der Waals surface area contributed by atoms with E-state index in [1.165, 1.54) is 0 Å². The van der Waals surface area contributed by atoms with Gasteiger partial charge in [0.15, 0.2) is 11.9 Å². The monoisotopic (exact) mass is 390 g/mol. The number of hydrogen-bond acceptors (Lipinski definition) is 6. The summed E-state index contributed by atoms with van der Waals surface area (Å²) in [7, 11) is 0. The second kappa shape index (κ2) is 8.89. The van der Waals surface area contributed by atoms with E-state index in [4.69, 9.17) is 4.74 Å². The van der Waals surface area contributed by atoms with E-state index in [0.717, 1.165) is 35.4 Å². The van der Waals surface area contributed by atoms with Crippen LogP contribution in [0.5, 0.6) is 5.88 Å². The van der Waals surface area contributed by atoms with E-state index < -0.39 is 0 Å². The summed E-state index contributed by atoms with van der Waals surface area (Å²) in [6.45, 7) is 2.17. The summed E-state index contributed by atoms with van der Waals surface area (Å²) in [6, 6.07) is 18.1. The molecule has 1 N–H and O–H groups in total. The molecule has 28 heavy (non-hydrogen) atoms. The highest BCUT2D eigenvalue weighted by atomic mass is 32.2. The highest BCUT2D eigenvalue weighted by molar-refractivity contribution is 7.99. The van der Waals surface area contributed by atoms with Crippen LogP contribution in [0, 0.1) is 0 Å². The molecule has 1 aliphatic rings. The Morgan fingerprint density at radius 2 is 1.89 bits per heavy atom. The molecule has 1 atom stereocenters. The van der Waals surface area contributed by atoms with Crippen molar-refractivity contribution in [1.29, 1.82) is 0 Å². The molecule has 0 saturated carbocycles. The summed E-state index contributed by atoms with van der Waals surface area (Å²) >= 11 is 1.61. The Morgan fingerprint density at radius 3 is 2.75 bits per heavy atom. The van der Waals surface area contributed by atoms with Crippen molar-refractivity contribution in [3.05, 3.63) is 66.2 Å². The van der Waals surface area contributed by atoms with Gasteiger partial charge in [0.25, 0.3) is 0 Å². The van der Waals surface area contributed by atoms with E-state index in [1.807, 2.05) is 54.6 Å². The predicted octanol–water partition coefficient (Wildman–Crippen LogP) is 5.27. The van der Waals surface area contributed by atoms with Crippen molar-refractivity contribution < 1.29 is 4.74 Å². The number of nitrogens with zero attached hydrogens (tertiary/aromatic N) is 3. The van der Waals surface area contributed by atoms with Crippen LogP contribution in [-0.4, -0.2) is 27.2 Å². The van der Waals surface area contributed by atoms with Crippen LogP contribution in [-0.2, 0) is 0 Å². The van der Waals surface area contributed by atoms with Crippen molar-refractivity contribution in [2.75, 3.05) is 11.1 Å². The van der Waals surface area contributed by atoms with Gasteiger partial charge in [-0.2, -0.15) is 4.98 Å². The number of nitrogens with one attached hydrogen (secondary N) is 1. The zero-order chi connectivity index (χ0) is 19.2. The minimum Gasteiger partial charge on any atom is -0.448 e. The van der Waals surface area contributed by atoms with Crippen LogP contribution < -0.4 is 10.1 Å². The first-order chi connectivity index (χ1) is 13.8. The number of thioether (sulfide) groups is 1. The average Bonchev–Trinajstić information content (AvgIpc) is 2.89. The highest BCUT2D eigenvalue weighted by Gasteiger charge is 2.23. The first-order valence-electron chi connectivity index (χ1n) is 9.47. The Hall–Kier alpha value is -2.86. The van der Waals surface area contributed by atoms with Crippen LogP contribution in [0.2, 0.25) is 0 Å². The van der Waals surface area contributed by atoms with Crippen LogP contribution in [0.15, 0.2) is 65.8 Å². The van der Waals surface area contributed by atoms with Crippen molar-refractivity contribution in [1.82, 2.24) is 15.2 Å². The highest BCUT2D eigenvalue weighted by Crippen LogP contribution is 2.36. The maximum absolute atomic E-state index is 6.18.